The number of nitrogens with zero attached hydrogens (tertiary/aromatic N) is 1. The largest absolute Gasteiger partial charge is 0.479 e. The van der Waals surface area contributed by atoms with Crippen molar-refractivity contribution < 1.29 is 19.4 Å². The molecule has 1 fully saturated rings. The van der Waals surface area contributed by atoms with E-state index >= 15 is 0 Å². The Labute approximate surface area is 114 Å². The number of hydrogen-bond donors (Lipinski definition) is 2. The molecule has 2 rings (SSSR count). The van der Waals surface area contributed by atoms with Crippen molar-refractivity contribution in [3.63, 3.8) is 0 Å². The summed E-state index contributed by atoms with van der Waals surface area (Å²) in [6.07, 6.45) is -0.973. The number of ether oxygens (including phenoxy) is 1. The van der Waals surface area contributed by atoms with Crippen molar-refractivity contribution in [2.45, 2.75) is 6.10 Å². The van der Waals surface area contributed by atoms with Gasteiger partial charge in [0.25, 0.3) is 0 Å². The Morgan fingerprint density at radius 3 is 2.95 bits per heavy atom. The molecule has 1 heterocycles. The zero-order valence-electron chi connectivity index (χ0n) is 10.0. The van der Waals surface area contributed by atoms with Crippen molar-refractivity contribution in [2.24, 2.45) is 0 Å². The quantitative estimate of drug-likeness (QED) is 0.866. The second-order valence-electron chi connectivity index (χ2n) is 4.08. The standard InChI is InChI=1S/C12H13ClN2O4/c13-8-2-1-3-9(6-8)14-12(18)15-4-5-19-10(7-15)11(16)17/h1-3,6,10H,4-5,7H2,(H,14,18)(H,16,17). The fraction of sp³-hybridized carbons (Fsp3) is 0.333. The number of anilines is 1. The molecule has 1 aliphatic rings. The summed E-state index contributed by atoms with van der Waals surface area (Å²) in [5.41, 5.74) is 0.566. The molecule has 2 N–H and O–H groups in total. The molecule has 0 aromatic heterocycles. The first-order chi connectivity index (χ1) is 9.06. The average molecular weight is 285 g/mol. The zero-order valence-corrected chi connectivity index (χ0v) is 10.8. The van der Waals surface area contributed by atoms with Crippen molar-refractivity contribution in [3.05, 3.63) is 29.3 Å². The van der Waals surface area contributed by atoms with Crippen LogP contribution in [0.2, 0.25) is 5.02 Å². The van der Waals surface area contributed by atoms with Crippen LogP contribution in [0.25, 0.3) is 0 Å². The van der Waals surface area contributed by atoms with Gasteiger partial charge in [-0.3, -0.25) is 0 Å². The van der Waals surface area contributed by atoms with E-state index in [4.69, 9.17) is 21.4 Å². The molecule has 0 aliphatic carbocycles. The van der Waals surface area contributed by atoms with Crippen molar-refractivity contribution >= 4 is 29.3 Å². The number of carbonyl (C=O) groups is 2. The highest BCUT2D eigenvalue weighted by Gasteiger charge is 2.28. The Kier molecular flexibility index (Phi) is 4.24. The molecule has 0 saturated carbocycles. The highest BCUT2D eigenvalue weighted by Crippen LogP contribution is 2.16. The molecule has 1 aromatic carbocycles. The minimum absolute atomic E-state index is 0.0295. The van der Waals surface area contributed by atoms with Gasteiger partial charge in [0.2, 0.25) is 0 Å². The van der Waals surface area contributed by atoms with Crippen molar-refractivity contribution in [2.75, 3.05) is 25.0 Å². The molecule has 19 heavy (non-hydrogen) atoms. The van der Waals surface area contributed by atoms with E-state index in [9.17, 15) is 9.59 Å². The monoisotopic (exact) mass is 284 g/mol. The first-order valence-corrected chi connectivity index (χ1v) is 6.10. The molecule has 0 spiro atoms. The normalized spacial score (nSPS) is 19.0. The molecule has 0 radical (unpaired) electrons. The molecule has 1 unspecified atom stereocenters. The minimum Gasteiger partial charge on any atom is -0.479 e. The summed E-state index contributed by atoms with van der Waals surface area (Å²) in [6, 6.07) is 6.38. The molecular formula is C12H13ClN2O4. The third kappa shape index (κ3) is 3.59. The lowest BCUT2D eigenvalue weighted by Crippen LogP contribution is -2.49. The topological polar surface area (TPSA) is 78.9 Å². The number of carbonyl (C=O) groups excluding carboxylic acids is 1. The zero-order chi connectivity index (χ0) is 13.8. The number of carboxylic acid groups (broad SMARTS) is 1. The fourth-order valence-electron chi connectivity index (χ4n) is 1.75. The Bertz CT molecular complexity index is 494. The maximum Gasteiger partial charge on any atom is 0.334 e. The number of nitrogens with one attached hydrogen (secondary N) is 1. The van der Waals surface area contributed by atoms with Crippen LogP contribution >= 0.6 is 11.6 Å². The molecular weight excluding hydrogens is 272 g/mol. The van der Waals surface area contributed by atoms with Crippen LogP contribution in [-0.2, 0) is 9.53 Å². The highest BCUT2D eigenvalue weighted by atomic mass is 35.5. The van der Waals surface area contributed by atoms with Gasteiger partial charge in [-0.2, -0.15) is 0 Å². The maximum atomic E-state index is 12.0. The molecule has 102 valence electrons. The maximum absolute atomic E-state index is 12.0. The number of halogens is 1. The van der Waals surface area contributed by atoms with E-state index < -0.39 is 12.1 Å². The van der Waals surface area contributed by atoms with Gasteiger partial charge in [0.1, 0.15) is 0 Å². The molecule has 1 atom stereocenters. The SMILES string of the molecule is O=C(O)C1CN(C(=O)Nc2cccc(Cl)c2)CCO1. The summed E-state index contributed by atoms with van der Waals surface area (Å²) in [5.74, 6) is -1.07. The Morgan fingerprint density at radius 2 is 2.26 bits per heavy atom. The van der Waals surface area contributed by atoms with Crippen LogP contribution in [0.4, 0.5) is 10.5 Å². The smallest absolute Gasteiger partial charge is 0.334 e. The average Bonchev–Trinajstić information content (AvgIpc) is 2.39. The number of amides is 2. The Balaban J connectivity index is 1.98. The van der Waals surface area contributed by atoms with E-state index in [-0.39, 0.29) is 19.2 Å². The van der Waals surface area contributed by atoms with E-state index in [1.54, 1.807) is 24.3 Å². The van der Waals surface area contributed by atoms with E-state index in [0.717, 1.165) is 0 Å². The highest BCUT2D eigenvalue weighted by molar-refractivity contribution is 6.30. The number of morpholine rings is 1. The second kappa shape index (κ2) is 5.90. The lowest BCUT2D eigenvalue weighted by molar-refractivity contribution is -0.154. The summed E-state index contributed by atoms with van der Waals surface area (Å²) >= 11 is 5.82. The van der Waals surface area contributed by atoms with Gasteiger partial charge in [-0.15, -0.1) is 0 Å². The van der Waals surface area contributed by atoms with Gasteiger partial charge in [-0.1, -0.05) is 17.7 Å². The summed E-state index contributed by atoms with van der Waals surface area (Å²) in [4.78, 5) is 24.2. The van der Waals surface area contributed by atoms with E-state index in [1.807, 2.05) is 0 Å². The number of aliphatic carboxylic acids is 1. The first-order valence-electron chi connectivity index (χ1n) is 5.72. The summed E-state index contributed by atoms with van der Waals surface area (Å²) in [7, 11) is 0. The van der Waals surface area contributed by atoms with E-state index in [0.29, 0.717) is 17.3 Å². The Hall–Kier alpha value is -1.79. The number of benzene rings is 1. The fourth-order valence-corrected chi connectivity index (χ4v) is 1.94. The molecule has 1 aromatic rings. The number of rotatable bonds is 2. The van der Waals surface area contributed by atoms with Gasteiger partial charge in [0.05, 0.1) is 13.2 Å². The van der Waals surface area contributed by atoms with Gasteiger partial charge in [-0.25, -0.2) is 9.59 Å². The Morgan fingerprint density at radius 1 is 1.47 bits per heavy atom. The molecule has 6 nitrogen and oxygen atoms in total. The van der Waals surface area contributed by atoms with Crippen molar-refractivity contribution in [1.82, 2.24) is 4.90 Å². The van der Waals surface area contributed by atoms with Crippen LogP contribution in [0.15, 0.2) is 24.3 Å². The van der Waals surface area contributed by atoms with Gasteiger partial charge in [-0.05, 0) is 18.2 Å². The van der Waals surface area contributed by atoms with Gasteiger partial charge >= 0.3 is 12.0 Å². The molecule has 2 amide bonds. The van der Waals surface area contributed by atoms with E-state index in [2.05, 4.69) is 5.32 Å². The number of hydrogen-bond acceptors (Lipinski definition) is 3. The van der Waals surface area contributed by atoms with Crippen LogP contribution in [-0.4, -0.2) is 47.8 Å². The van der Waals surface area contributed by atoms with Crippen molar-refractivity contribution in [1.29, 1.82) is 0 Å². The molecule has 1 saturated heterocycles. The van der Waals surface area contributed by atoms with Gasteiger partial charge < -0.3 is 20.1 Å². The third-order valence-corrected chi connectivity index (χ3v) is 2.94. The van der Waals surface area contributed by atoms with Crippen molar-refractivity contribution in [3.8, 4) is 0 Å². The predicted molar refractivity (Wildman–Crippen MR) is 69.4 cm³/mol. The number of carboxylic acids is 1. The van der Waals surface area contributed by atoms with E-state index in [1.165, 1.54) is 4.90 Å². The third-order valence-electron chi connectivity index (χ3n) is 2.70. The second-order valence-corrected chi connectivity index (χ2v) is 4.52. The van der Waals surface area contributed by atoms with Crippen LogP contribution in [0.5, 0.6) is 0 Å². The summed E-state index contributed by atoms with van der Waals surface area (Å²) < 4.78 is 5.05. The lowest BCUT2D eigenvalue weighted by Gasteiger charge is -2.30. The van der Waals surface area contributed by atoms with Gasteiger partial charge in [0, 0.05) is 17.3 Å². The molecule has 1 aliphatic heterocycles. The van der Waals surface area contributed by atoms with Crippen LogP contribution in [0, 0.1) is 0 Å². The lowest BCUT2D eigenvalue weighted by atomic mass is 10.3. The first kappa shape index (κ1) is 13.6. The van der Waals surface area contributed by atoms with Crippen LogP contribution in [0.1, 0.15) is 0 Å². The molecule has 0 bridgehead atoms. The van der Waals surface area contributed by atoms with Crippen LogP contribution in [0.3, 0.4) is 0 Å². The number of urea groups is 1. The summed E-state index contributed by atoms with van der Waals surface area (Å²) in [5, 5.41) is 12.0. The molecule has 7 heteroatoms. The predicted octanol–water partition coefficient (Wildman–Crippen LogP) is 1.66. The van der Waals surface area contributed by atoms with Gasteiger partial charge in [0.15, 0.2) is 6.10 Å². The minimum atomic E-state index is -1.07. The van der Waals surface area contributed by atoms with Crippen LogP contribution < -0.4 is 5.32 Å². The summed E-state index contributed by atoms with van der Waals surface area (Å²) in [6.45, 7) is 0.595.